The van der Waals surface area contributed by atoms with Crippen molar-refractivity contribution in [2.45, 2.75) is 40.5 Å². The number of anilines is 4. The molecule has 0 aliphatic rings. The fourth-order valence-electron chi connectivity index (χ4n) is 2.73. The minimum absolute atomic E-state index is 0.0349. The van der Waals surface area contributed by atoms with Crippen LogP contribution in [0.3, 0.4) is 0 Å². The molecule has 0 aromatic heterocycles. The lowest BCUT2D eigenvalue weighted by atomic mass is 10.1. The first-order valence-corrected chi connectivity index (χ1v) is 10.1. The number of carbonyl (C=O) groups excluding carboxylic acids is 3. The van der Waals surface area contributed by atoms with Gasteiger partial charge in [0.2, 0.25) is 11.8 Å². The number of rotatable bonds is 8. The Morgan fingerprint density at radius 1 is 0.567 bits per heavy atom. The van der Waals surface area contributed by atoms with Crippen LogP contribution >= 0.6 is 0 Å². The van der Waals surface area contributed by atoms with E-state index in [4.69, 9.17) is 0 Å². The second-order valence-electron chi connectivity index (χ2n) is 8.03. The molecule has 0 bridgehead atoms. The molecule has 0 saturated carbocycles. The molecule has 4 amide bonds. The normalized spacial score (nSPS) is 10.6. The van der Waals surface area contributed by atoms with Crippen molar-refractivity contribution in [3.05, 3.63) is 48.5 Å². The molecule has 2 aromatic rings. The maximum Gasteiger partial charge on any atom is 0.323 e. The Kier molecular flexibility index (Phi) is 8.41. The summed E-state index contributed by atoms with van der Waals surface area (Å²) in [5.74, 6) is 0.514. The number of hydrogen-bond donors (Lipinski definition) is 4. The Morgan fingerprint density at radius 3 is 1.10 bits per heavy atom. The van der Waals surface area contributed by atoms with Gasteiger partial charge in [-0.25, -0.2) is 4.79 Å². The van der Waals surface area contributed by atoms with E-state index in [-0.39, 0.29) is 17.8 Å². The van der Waals surface area contributed by atoms with E-state index >= 15 is 0 Å². The molecule has 7 heteroatoms. The molecule has 4 N–H and O–H groups in total. The summed E-state index contributed by atoms with van der Waals surface area (Å²) in [4.78, 5) is 35.8. The van der Waals surface area contributed by atoms with Gasteiger partial charge in [0.25, 0.3) is 0 Å². The summed E-state index contributed by atoms with van der Waals surface area (Å²) in [6.45, 7) is 7.95. The third-order valence-corrected chi connectivity index (χ3v) is 4.04. The zero-order valence-corrected chi connectivity index (χ0v) is 17.9. The van der Waals surface area contributed by atoms with Gasteiger partial charge >= 0.3 is 6.03 Å². The van der Waals surface area contributed by atoms with Crippen LogP contribution < -0.4 is 21.3 Å². The first-order valence-electron chi connectivity index (χ1n) is 10.1. The molecule has 0 heterocycles. The van der Waals surface area contributed by atoms with Crippen LogP contribution in [-0.4, -0.2) is 17.8 Å². The van der Waals surface area contributed by atoms with E-state index < -0.39 is 0 Å². The number of urea groups is 1. The molecule has 2 aromatic carbocycles. The van der Waals surface area contributed by atoms with Crippen molar-refractivity contribution in [1.29, 1.82) is 0 Å². The van der Waals surface area contributed by atoms with Crippen molar-refractivity contribution in [2.24, 2.45) is 11.8 Å². The predicted molar refractivity (Wildman–Crippen MR) is 122 cm³/mol. The molecular weight excluding hydrogens is 380 g/mol. The first kappa shape index (κ1) is 22.9. The Morgan fingerprint density at radius 2 is 0.833 bits per heavy atom. The van der Waals surface area contributed by atoms with Crippen LogP contribution in [0.1, 0.15) is 40.5 Å². The molecule has 0 aliphatic carbocycles. The molecule has 0 aliphatic heterocycles. The Labute approximate surface area is 177 Å². The standard InChI is InChI=1S/C23H30N4O3/c1-15(2)13-21(28)24-17-5-9-19(10-6-17)26-23(30)27-20-11-7-18(8-12-20)25-22(29)14-16(3)4/h5-12,15-16H,13-14H2,1-4H3,(H,24,28)(H,25,29)(H2,26,27,30). The van der Waals surface area contributed by atoms with E-state index in [9.17, 15) is 14.4 Å². The molecule has 160 valence electrons. The van der Waals surface area contributed by atoms with Crippen molar-refractivity contribution in [3.8, 4) is 0 Å². The van der Waals surface area contributed by atoms with E-state index in [0.29, 0.717) is 47.4 Å². The summed E-state index contributed by atoms with van der Waals surface area (Å²) in [5, 5.41) is 11.1. The SMILES string of the molecule is CC(C)CC(=O)Nc1ccc(NC(=O)Nc2ccc(NC(=O)CC(C)C)cc2)cc1. The summed E-state index contributed by atoms with van der Waals surface area (Å²) in [5.41, 5.74) is 2.57. The van der Waals surface area contributed by atoms with Gasteiger partial charge in [-0.15, -0.1) is 0 Å². The van der Waals surface area contributed by atoms with Gasteiger partial charge in [-0.1, -0.05) is 27.7 Å². The van der Waals surface area contributed by atoms with Gasteiger partial charge in [-0.05, 0) is 60.4 Å². The lowest BCUT2D eigenvalue weighted by Crippen LogP contribution is -2.19. The smallest absolute Gasteiger partial charge is 0.323 e. The number of benzene rings is 2. The fourth-order valence-corrected chi connectivity index (χ4v) is 2.73. The lowest BCUT2D eigenvalue weighted by Gasteiger charge is -2.11. The van der Waals surface area contributed by atoms with Gasteiger partial charge in [-0.2, -0.15) is 0 Å². The van der Waals surface area contributed by atoms with E-state index in [2.05, 4.69) is 21.3 Å². The topological polar surface area (TPSA) is 99.3 Å². The summed E-state index contributed by atoms with van der Waals surface area (Å²) in [6, 6.07) is 13.4. The number of carbonyl (C=O) groups is 3. The van der Waals surface area contributed by atoms with E-state index in [0.717, 1.165) is 0 Å². The van der Waals surface area contributed by atoms with Gasteiger partial charge in [0.15, 0.2) is 0 Å². The van der Waals surface area contributed by atoms with Crippen LogP contribution in [-0.2, 0) is 9.59 Å². The molecule has 0 spiro atoms. The van der Waals surface area contributed by atoms with Crippen LogP contribution in [0.4, 0.5) is 27.5 Å². The zero-order valence-electron chi connectivity index (χ0n) is 17.9. The summed E-state index contributed by atoms with van der Waals surface area (Å²) >= 11 is 0. The highest BCUT2D eigenvalue weighted by Gasteiger charge is 2.08. The second-order valence-corrected chi connectivity index (χ2v) is 8.03. The van der Waals surface area contributed by atoms with Crippen LogP contribution in [0.2, 0.25) is 0 Å². The maximum absolute atomic E-state index is 12.2. The number of nitrogens with one attached hydrogen (secondary N) is 4. The molecule has 0 atom stereocenters. The fraction of sp³-hybridized carbons (Fsp3) is 0.348. The molecule has 7 nitrogen and oxygen atoms in total. The minimum atomic E-state index is -0.386. The Hall–Kier alpha value is -3.35. The largest absolute Gasteiger partial charge is 0.326 e. The molecule has 2 rings (SSSR count). The maximum atomic E-state index is 12.2. The molecule has 0 saturated heterocycles. The molecule has 0 radical (unpaired) electrons. The highest BCUT2D eigenvalue weighted by Crippen LogP contribution is 2.17. The van der Waals surface area contributed by atoms with E-state index in [1.54, 1.807) is 48.5 Å². The monoisotopic (exact) mass is 410 g/mol. The number of hydrogen-bond acceptors (Lipinski definition) is 3. The first-order chi connectivity index (χ1) is 14.2. The quantitative estimate of drug-likeness (QED) is 0.475. The van der Waals surface area contributed by atoms with Crippen molar-refractivity contribution in [1.82, 2.24) is 0 Å². The van der Waals surface area contributed by atoms with Crippen molar-refractivity contribution < 1.29 is 14.4 Å². The molecule has 0 unspecified atom stereocenters. The highest BCUT2D eigenvalue weighted by atomic mass is 16.2. The third kappa shape index (κ3) is 8.34. The molecule has 0 fully saturated rings. The average Bonchev–Trinajstić information content (AvgIpc) is 2.63. The highest BCUT2D eigenvalue weighted by molar-refractivity contribution is 6.00. The number of amides is 4. The summed E-state index contributed by atoms with van der Waals surface area (Å²) in [7, 11) is 0. The average molecular weight is 411 g/mol. The van der Waals surface area contributed by atoms with Crippen LogP contribution in [0.15, 0.2) is 48.5 Å². The van der Waals surface area contributed by atoms with E-state index in [1.807, 2.05) is 27.7 Å². The van der Waals surface area contributed by atoms with Crippen LogP contribution in [0.5, 0.6) is 0 Å². The summed E-state index contributed by atoms with van der Waals surface area (Å²) < 4.78 is 0. The predicted octanol–water partition coefficient (Wildman–Crippen LogP) is 5.30. The van der Waals surface area contributed by atoms with E-state index in [1.165, 1.54) is 0 Å². The van der Waals surface area contributed by atoms with Crippen molar-refractivity contribution >= 4 is 40.6 Å². The van der Waals surface area contributed by atoms with Crippen molar-refractivity contribution in [3.63, 3.8) is 0 Å². The van der Waals surface area contributed by atoms with Gasteiger partial charge < -0.3 is 21.3 Å². The van der Waals surface area contributed by atoms with Crippen LogP contribution in [0.25, 0.3) is 0 Å². The molecular formula is C23H30N4O3. The minimum Gasteiger partial charge on any atom is -0.326 e. The van der Waals surface area contributed by atoms with Gasteiger partial charge in [0.05, 0.1) is 0 Å². The van der Waals surface area contributed by atoms with Gasteiger partial charge in [-0.3, -0.25) is 9.59 Å². The molecule has 30 heavy (non-hydrogen) atoms. The Balaban J connectivity index is 1.83. The lowest BCUT2D eigenvalue weighted by molar-refractivity contribution is -0.117. The van der Waals surface area contributed by atoms with Crippen molar-refractivity contribution in [2.75, 3.05) is 21.3 Å². The van der Waals surface area contributed by atoms with Gasteiger partial charge in [0, 0.05) is 35.6 Å². The third-order valence-electron chi connectivity index (χ3n) is 4.04. The van der Waals surface area contributed by atoms with Crippen LogP contribution in [0, 0.1) is 11.8 Å². The zero-order chi connectivity index (χ0) is 22.1. The summed E-state index contributed by atoms with van der Waals surface area (Å²) in [6.07, 6.45) is 0.922. The second kappa shape index (κ2) is 11.0. The van der Waals surface area contributed by atoms with Gasteiger partial charge in [0.1, 0.15) is 0 Å². The Bertz CT molecular complexity index is 788.